The second-order valence-corrected chi connectivity index (χ2v) is 6.72. The summed E-state index contributed by atoms with van der Waals surface area (Å²) in [6.45, 7) is 0.472. The monoisotopic (exact) mass is 341 g/mol. The Balaban J connectivity index is 1.62. The molecular formula is C19H23N3O3. The average molecular weight is 341 g/mol. The first-order valence-electron chi connectivity index (χ1n) is 8.61. The fourth-order valence-electron chi connectivity index (χ4n) is 3.47. The van der Waals surface area contributed by atoms with Gasteiger partial charge in [-0.1, -0.05) is 24.6 Å². The topological polar surface area (TPSA) is 75.4 Å². The molecule has 2 aromatic rings. The van der Waals surface area contributed by atoms with Crippen molar-refractivity contribution in [3.8, 4) is 5.69 Å². The van der Waals surface area contributed by atoms with Crippen LogP contribution in [-0.2, 0) is 16.1 Å². The summed E-state index contributed by atoms with van der Waals surface area (Å²) >= 11 is 0. The summed E-state index contributed by atoms with van der Waals surface area (Å²) < 4.78 is 1.79. The Kier molecular flexibility index (Phi) is 5.16. The molecule has 0 radical (unpaired) electrons. The number of carbonyl (C=O) groups is 2. The molecule has 1 fully saturated rings. The summed E-state index contributed by atoms with van der Waals surface area (Å²) in [6, 6.07) is 9.80. The summed E-state index contributed by atoms with van der Waals surface area (Å²) in [5.74, 6) is -1.34. The smallest absolute Gasteiger partial charge is 0.306 e. The summed E-state index contributed by atoms with van der Waals surface area (Å²) in [7, 11) is 1.77. The van der Waals surface area contributed by atoms with E-state index in [4.69, 9.17) is 0 Å². The number of para-hydroxylation sites is 1. The van der Waals surface area contributed by atoms with Gasteiger partial charge in [-0.3, -0.25) is 9.59 Å². The van der Waals surface area contributed by atoms with Gasteiger partial charge in [0.05, 0.1) is 17.8 Å². The van der Waals surface area contributed by atoms with Crippen LogP contribution in [0.2, 0.25) is 0 Å². The van der Waals surface area contributed by atoms with Crippen molar-refractivity contribution in [2.24, 2.45) is 11.8 Å². The van der Waals surface area contributed by atoms with E-state index in [9.17, 15) is 14.7 Å². The number of hydrogen-bond acceptors (Lipinski definition) is 3. The normalized spacial score (nSPS) is 20.2. The predicted molar refractivity (Wildman–Crippen MR) is 93.1 cm³/mol. The largest absolute Gasteiger partial charge is 0.481 e. The van der Waals surface area contributed by atoms with Crippen LogP contribution in [-0.4, -0.2) is 38.7 Å². The van der Waals surface area contributed by atoms with E-state index in [1.807, 2.05) is 36.5 Å². The van der Waals surface area contributed by atoms with E-state index in [1.165, 1.54) is 0 Å². The number of hydrogen-bond donors (Lipinski definition) is 1. The van der Waals surface area contributed by atoms with Crippen molar-refractivity contribution in [2.75, 3.05) is 7.05 Å². The molecule has 1 amide bonds. The van der Waals surface area contributed by atoms with Gasteiger partial charge in [0.2, 0.25) is 5.91 Å². The highest BCUT2D eigenvalue weighted by molar-refractivity contribution is 5.80. The molecule has 3 rings (SSSR count). The van der Waals surface area contributed by atoms with Crippen LogP contribution >= 0.6 is 0 Å². The average Bonchev–Trinajstić information content (AvgIpc) is 3.10. The van der Waals surface area contributed by atoms with E-state index in [2.05, 4.69) is 5.10 Å². The molecule has 132 valence electrons. The third kappa shape index (κ3) is 4.07. The minimum atomic E-state index is -0.788. The Morgan fingerprint density at radius 1 is 1.24 bits per heavy atom. The fraction of sp³-hybridized carbons (Fsp3) is 0.421. The SMILES string of the molecule is CN(Cc1cnn(-c2ccccc2)c1)C(=O)[C@@H]1CCC[C@H](C(=O)O)C1. The third-order valence-electron chi connectivity index (χ3n) is 4.83. The zero-order valence-corrected chi connectivity index (χ0v) is 14.3. The highest BCUT2D eigenvalue weighted by Gasteiger charge is 2.32. The van der Waals surface area contributed by atoms with Gasteiger partial charge in [-0.25, -0.2) is 4.68 Å². The van der Waals surface area contributed by atoms with Crippen molar-refractivity contribution in [1.29, 1.82) is 0 Å². The molecule has 1 heterocycles. The Morgan fingerprint density at radius 3 is 2.68 bits per heavy atom. The van der Waals surface area contributed by atoms with Crippen molar-refractivity contribution in [1.82, 2.24) is 14.7 Å². The van der Waals surface area contributed by atoms with Gasteiger partial charge >= 0.3 is 5.97 Å². The Bertz CT molecular complexity index is 741. The van der Waals surface area contributed by atoms with E-state index < -0.39 is 11.9 Å². The Hall–Kier alpha value is -2.63. The van der Waals surface area contributed by atoms with Gasteiger partial charge in [0.25, 0.3) is 0 Å². The fourth-order valence-corrected chi connectivity index (χ4v) is 3.47. The van der Waals surface area contributed by atoms with E-state index in [-0.39, 0.29) is 11.8 Å². The molecule has 0 unspecified atom stereocenters. The number of benzene rings is 1. The lowest BCUT2D eigenvalue weighted by Gasteiger charge is -2.29. The van der Waals surface area contributed by atoms with Gasteiger partial charge in [0, 0.05) is 31.3 Å². The van der Waals surface area contributed by atoms with Crippen molar-refractivity contribution in [3.05, 3.63) is 48.3 Å². The van der Waals surface area contributed by atoms with E-state index in [1.54, 1.807) is 22.8 Å². The zero-order valence-electron chi connectivity index (χ0n) is 14.3. The number of nitrogens with zero attached hydrogens (tertiary/aromatic N) is 3. The number of carbonyl (C=O) groups excluding carboxylic acids is 1. The molecule has 0 spiro atoms. The van der Waals surface area contributed by atoms with Gasteiger partial charge < -0.3 is 10.0 Å². The number of amides is 1. The second kappa shape index (κ2) is 7.51. The summed E-state index contributed by atoms with van der Waals surface area (Å²) in [4.78, 5) is 25.5. The Morgan fingerprint density at radius 2 is 1.96 bits per heavy atom. The van der Waals surface area contributed by atoms with Crippen LogP contribution in [0, 0.1) is 11.8 Å². The molecule has 0 bridgehead atoms. The molecule has 1 aromatic heterocycles. The first-order chi connectivity index (χ1) is 12.0. The summed E-state index contributed by atoms with van der Waals surface area (Å²) in [5, 5.41) is 13.5. The van der Waals surface area contributed by atoms with E-state index in [0.717, 1.165) is 24.1 Å². The van der Waals surface area contributed by atoms with Gasteiger partial charge in [-0.2, -0.15) is 5.10 Å². The quantitative estimate of drug-likeness (QED) is 0.907. The molecule has 0 saturated heterocycles. The van der Waals surface area contributed by atoms with Crippen molar-refractivity contribution >= 4 is 11.9 Å². The van der Waals surface area contributed by atoms with Crippen LogP contribution in [0.1, 0.15) is 31.2 Å². The maximum Gasteiger partial charge on any atom is 0.306 e. The minimum absolute atomic E-state index is 0.0263. The lowest BCUT2D eigenvalue weighted by molar-refractivity contribution is -0.145. The molecule has 1 aromatic carbocycles. The zero-order chi connectivity index (χ0) is 17.8. The highest BCUT2D eigenvalue weighted by Crippen LogP contribution is 2.30. The molecule has 1 aliphatic carbocycles. The van der Waals surface area contributed by atoms with Crippen LogP contribution < -0.4 is 0 Å². The summed E-state index contributed by atoms with van der Waals surface area (Å²) in [5.41, 5.74) is 1.92. The number of aromatic nitrogens is 2. The molecule has 2 atom stereocenters. The molecule has 1 aliphatic rings. The van der Waals surface area contributed by atoms with Crippen LogP contribution in [0.25, 0.3) is 5.69 Å². The Labute approximate surface area is 147 Å². The lowest BCUT2D eigenvalue weighted by Crippen LogP contribution is -2.36. The lowest BCUT2D eigenvalue weighted by atomic mass is 9.81. The maximum atomic E-state index is 12.7. The molecule has 1 saturated carbocycles. The van der Waals surface area contributed by atoms with Gasteiger partial charge in [-0.05, 0) is 31.4 Å². The third-order valence-corrected chi connectivity index (χ3v) is 4.83. The number of rotatable bonds is 5. The summed E-state index contributed by atoms with van der Waals surface area (Å²) in [6.07, 6.45) is 6.37. The van der Waals surface area contributed by atoms with Crippen LogP contribution in [0.4, 0.5) is 0 Å². The van der Waals surface area contributed by atoms with Gasteiger partial charge in [0.15, 0.2) is 0 Å². The van der Waals surface area contributed by atoms with Crippen molar-refractivity contribution < 1.29 is 14.7 Å². The van der Waals surface area contributed by atoms with Gasteiger partial charge in [-0.15, -0.1) is 0 Å². The van der Waals surface area contributed by atoms with Gasteiger partial charge in [0.1, 0.15) is 0 Å². The number of carboxylic acid groups (broad SMARTS) is 1. The first-order valence-corrected chi connectivity index (χ1v) is 8.61. The molecule has 0 aliphatic heterocycles. The van der Waals surface area contributed by atoms with Crippen molar-refractivity contribution in [2.45, 2.75) is 32.2 Å². The standard InChI is InChI=1S/C19H23N3O3/c1-21(18(23)15-6-5-7-16(10-15)19(24)25)12-14-11-20-22(13-14)17-8-3-2-4-9-17/h2-4,8-9,11,13,15-16H,5-7,10,12H2,1H3,(H,24,25)/t15-,16+/m1/s1. The maximum absolute atomic E-state index is 12.7. The van der Waals surface area contributed by atoms with Crippen LogP contribution in [0.5, 0.6) is 0 Å². The molecule has 6 heteroatoms. The predicted octanol–water partition coefficient (Wildman–Crippen LogP) is 2.72. The van der Waals surface area contributed by atoms with Crippen LogP contribution in [0.3, 0.4) is 0 Å². The minimum Gasteiger partial charge on any atom is -0.481 e. The van der Waals surface area contributed by atoms with Crippen LogP contribution in [0.15, 0.2) is 42.7 Å². The van der Waals surface area contributed by atoms with E-state index in [0.29, 0.717) is 19.4 Å². The number of carboxylic acids is 1. The molecule has 25 heavy (non-hydrogen) atoms. The highest BCUT2D eigenvalue weighted by atomic mass is 16.4. The van der Waals surface area contributed by atoms with E-state index >= 15 is 0 Å². The second-order valence-electron chi connectivity index (χ2n) is 6.72. The molecular weight excluding hydrogens is 318 g/mol. The molecule has 6 nitrogen and oxygen atoms in total. The van der Waals surface area contributed by atoms with Crippen molar-refractivity contribution in [3.63, 3.8) is 0 Å². The first kappa shape index (κ1) is 17.2. The number of aliphatic carboxylic acids is 1. The molecule has 1 N–H and O–H groups in total.